The maximum absolute atomic E-state index is 12.1. The monoisotopic (exact) mass is 279 g/mol. The number of hydrogen-bond donors (Lipinski definition) is 2. The standard InChI is InChI=1S/C9H10F3N.C4H10S/c1-6(13)7-2-4-8(5-3-7)9(10,11)12;1-4(2,3)5/h2-6H,13H2,1H3;5H,1-3H3/t6-;/m0./s1. The summed E-state index contributed by atoms with van der Waals surface area (Å²) >= 11 is 4.12. The van der Waals surface area contributed by atoms with Crippen molar-refractivity contribution >= 4 is 12.6 Å². The summed E-state index contributed by atoms with van der Waals surface area (Å²) in [5.41, 5.74) is 5.55. The Bertz CT molecular complexity index is 344. The minimum atomic E-state index is -4.27. The average molecular weight is 279 g/mol. The Morgan fingerprint density at radius 3 is 1.61 bits per heavy atom. The fraction of sp³-hybridized carbons (Fsp3) is 0.538. The molecule has 0 aromatic heterocycles. The lowest BCUT2D eigenvalue weighted by molar-refractivity contribution is -0.137. The van der Waals surface area contributed by atoms with Gasteiger partial charge in [-0.2, -0.15) is 25.8 Å². The van der Waals surface area contributed by atoms with E-state index in [1.165, 1.54) is 12.1 Å². The molecule has 0 saturated carbocycles. The van der Waals surface area contributed by atoms with Crippen molar-refractivity contribution in [3.8, 4) is 0 Å². The van der Waals surface area contributed by atoms with Gasteiger partial charge in [0, 0.05) is 10.8 Å². The predicted octanol–water partition coefficient (Wildman–Crippen LogP) is 4.44. The lowest BCUT2D eigenvalue weighted by Crippen LogP contribution is -2.07. The van der Waals surface area contributed by atoms with Gasteiger partial charge in [-0.1, -0.05) is 32.9 Å². The van der Waals surface area contributed by atoms with Crippen molar-refractivity contribution in [1.29, 1.82) is 0 Å². The van der Waals surface area contributed by atoms with Gasteiger partial charge in [0.25, 0.3) is 0 Å². The number of nitrogens with two attached hydrogens (primary N) is 1. The van der Waals surface area contributed by atoms with E-state index in [4.69, 9.17) is 5.73 Å². The zero-order chi connectivity index (χ0) is 14.6. The first-order valence-corrected chi connectivity index (χ1v) is 6.01. The van der Waals surface area contributed by atoms with Crippen molar-refractivity contribution in [2.75, 3.05) is 0 Å². The fourth-order valence-electron chi connectivity index (χ4n) is 0.976. The Kier molecular flexibility index (Phi) is 6.23. The molecular weight excluding hydrogens is 259 g/mol. The maximum Gasteiger partial charge on any atom is 0.416 e. The highest BCUT2D eigenvalue weighted by atomic mass is 32.1. The molecule has 104 valence electrons. The summed E-state index contributed by atoms with van der Waals surface area (Å²) < 4.78 is 36.5. The molecule has 0 aliphatic heterocycles. The van der Waals surface area contributed by atoms with Gasteiger partial charge in [-0.05, 0) is 24.6 Å². The van der Waals surface area contributed by atoms with Crippen LogP contribution in [-0.2, 0) is 6.18 Å². The molecular formula is C13H20F3NS. The Balaban J connectivity index is 0.000000494. The highest BCUT2D eigenvalue weighted by Gasteiger charge is 2.29. The van der Waals surface area contributed by atoms with Gasteiger partial charge in [0.05, 0.1) is 5.56 Å². The lowest BCUT2D eigenvalue weighted by Gasteiger charge is -2.09. The Morgan fingerprint density at radius 1 is 1.06 bits per heavy atom. The van der Waals surface area contributed by atoms with E-state index in [2.05, 4.69) is 33.4 Å². The molecule has 5 heteroatoms. The molecule has 0 spiro atoms. The Labute approximate surface area is 112 Å². The van der Waals surface area contributed by atoms with Crippen molar-refractivity contribution in [1.82, 2.24) is 0 Å². The summed E-state index contributed by atoms with van der Waals surface area (Å²) in [6, 6.07) is 4.64. The Hall–Kier alpha value is -0.680. The molecule has 0 unspecified atom stereocenters. The van der Waals surface area contributed by atoms with Gasteiger partial charge in [0.2, 0.25) is 0 Å². The van der Waals surface area contributed by atoms with Crippen LogP contribution in [0.3, 0.4) is 0 Å². The highest BCUT2D eigenvalue weighted by molar-refractivity contribution is 7.81. The van der Waals surface area contributed by atoms with Gasteiger partial charge in [0.1, 0.15) is 0 Å². The summed E-state index contributed by atoms with van der Waals surface area (Å²) in [5, 5.41) is 0. The molecule has 1 aromatic carbocycles. The van der Waals surface area contributed by atoms with Crippen LogP contribution in [-0.4, -0.2) is 4.75 Å². The second-order valence-electron chi connectivity index (χ2n) is 5.08. The summed E-state index contributed by atoms with van der Waals surface area (Å²) in [4.78, 5) is 0. The van der Waals surface area contributed by atoms with Crippen LogP contribution in [0.2, 0.25) is 0 Å². The molecule has 2 N–H and O–H groups in total. The molecule has 0 heterocycles. The van der Waals surface area contributed by atoms with E-state index in [0.29, 0.717) is 5.56 Å². The van der Waals surface area contributed by atoms with Crippen molar-refractivity contribution in [3.63, 3.8) is 0 Å². The molecule has 0 fully saturated rings. The predicted molar refractivity (Wildman–Crippen MR) is 72.8 cm³/mol. The van der Waals surface area contributed by atoms with Crippen LogP contribution in [0.25, 0.3) is 0 Å². The van der Waals surface area contributed by atoms with Gasteiger partial charge < -0.3 is 5.73 Å². The summed E-state index contributed by atoms with van der Waals surface area (Å²) in [5.74, 6) is 0. The van der Waals surface area contributed by atoms with E-state index < -0.39 is 11.7 Å². The van der Waals surface area contributed by atoms with Crippen LogP contribution in [0.4, 0.5) is 13.2 Å². The number of hydrogen-bond acceptors (Lipinski definition) is 2. The smallest absolute Gasteiger partial charge is 0.324 e. The third kappa shape index (κ3) is 8.42. The van der Waals surface area contributed by atoms with Gasteiger partial charge in [-0.3, -0.25) is 0 Å². The molecule has 0 amide bonds. The minimum absolute atomic E-state index is 0.194. The number of benzene rings is 1. The third-order valence-electron chi connectivity index (χ3n) is 1.76. The fourth-order valence-corrected chi connectivity index (χ4v) is 0.976. The minimum Gasteiger partial charge on any atom is -0.324 e. The number of rotatable bonds is 1. The third-order valence-corrected chi connectivity index (χ3v) is 1.76. The van der Waals surface area contributed by atoms with E-state index in [1.807, 2.05) is 0 Å². The topological polar surface area (TPSA) is 26.0 Å². The molecule has 0 aliphatic carbocycles. The van der Waals surface area contributed by atoms with Crippen LogP contribution in [0, 0.1) is 0 Å². The molecule has 1 rings (SSSR count). The first kappa shape index (κ1) is 17.3. The van der Waals surface area contributed by atoms with E-state index in [9.17, 15) is 13.2 Å². The van der Waals surface area contributed by atoms with Crippen molar-refractivity contribution in [2.45, 2.75) is 44.7 Å². The quantitative estimate of drug-likeness (QED) is 0.730. The molecule has 0 saturated heterocycles. The summed E-state index contributed by atoms with van der Waals surface area (Å²) in [6.07, 6.45) is -4.27. The van der Waals surface area contributed by atoms with E-state index in [0.717, 1.165) is 12.1 Å². The van der Waals surface area contributed by atoms with E-state index >= 15 is 0 Å². The average Bonchev–Trinajstić information content (AvgIpc) is 2.14. The van der Waals surface area contributed by atoms with Gasteiger partial charge in [-0.25, -0.2) is 0 Å². The molecule has 0 aliphatic rings. The van der Waals surface area contributed by atoms with Crippen LogP contribution in [0.1, 0.15) is 44.9 Å². The largest absolute Gasteiger partial charge is 0.416 e. The van der Waals surface area contributed by atoms with Crippen molar-refractivity contribution < 1.29 is 13.2 Å². The maximum atomic E-state index is 12.1. The van der Waals surface area contributed by atoms with Crippen LogP contribution < -0.4 is 5.73 Å². The summed E-state index contributed by atoms with van der Waals surface area (Å²) in [7, 11) is 0. The van der Waals surface area contributed by atoms with E-state index in [-0.39, 0.29) is 10.8 Å². The number of alkyl halides is 3. The number of halogens is 3. The number of thiol groups is 1. The molecule has 18 heavy (non-hydrogen) atoms. The van der Waals surface area contributed by atoms with Crippen LogP contribution in [0.15, 0.2) is 24.3 Å². The summed E-state index contributed by atoms with van der Waals surface area (Å²) in [6.45, 7) is 7.88. The zero-order valence-electron chi connectivity index (χ0n) is 11.0. The first-order chi connectivity index (χ1) is 7.91. The molecule has 0 radical (unpaired) electrons. The van der Waals surface area contributed by atoms with E-state index in [1.54, 1.807) is 6.92 Å². The molecule has 1 nitrogen and oxygen atoms in total. The zero-order valence-corrected chi connectivity index (χ0v) is 11.9. The first-order valence-electron chi connectivity index (χ1n) is 5.56. The van der Waals surface area contributed by atoms with Crippen LogP contribution >= 0.6 is 12.6 Å². The Morgan fingerprint density at radius 2 is 1.39 bits per heavy atom. The molecule has 0 bridgehead atoms. The molecule has 1 aromatic rings. The van der Waals surface area contributed by atoms with Crippen molar-refractivity contribution in [2.24, 2.45) is 5.73 Å². The molecule has 1 atom stereocenters. The van der Waals surface area contributed by atoms with Crippen molar-refractivity contribution in [3.05, 3.63) is 35.4 Å². The van der Waals surface area contributed by atoms with Gasteiger partial charge in [-0.15, -0.1) is 0 Å². The normalized spacial score (nSPS) is 13.6. The second-order valence-corrected chi connectivity index (χ2v) is 6.42. The van der Waals surface area contributed by atoms with Gasteiger partial charge >= 0.3 is 6.18 Å². The lowest BCUT2D eigenvalue weighted by atomic mass is 10.1. The van der Waals surface area contributed by atoms with Crippen LogP contribution in [0.5, 0.6) is 0 Å². The second kappa shape index (κ2) is 6.48. The highest BCUT2D eigenvalue weighted by Crippen LogP contribution is 2.29. The SMILES string of the molecule is CC(C)(C)S.C[C@H](N)c1ccc(C(F)(F)F)cc1. The van der Waals surface area contributed by atoms with Gasteiger partial charge in [0.15, 0.2) is 0 Å².